The maximum atomic E-state index is 11.7. The molecule has 0 saturated heterocycles. The summed E-state index contributed by atoms with van der Waals surface area (Å²) < 4.78 is 0. The SMILES string of the molecule is O=C(NCc1ccccc1CO)Nc1ccc(Cl)nc1. The molecule has 20 heavy (non-hydrogen) atoms. The van der Waals surface area contributed by atoms with E-state index in [0.29, 0.717) is 17.4 Å². The number of urea groups is 1. The number of pyridine rings is 1. The first-order valence-corrected chi connectivity index (χ1v) is 6.41. The van der Waals surface area contributed by atoms with Gasteiger partial charge in [0.05, 0.1) is 18.5 Å². The lowest BCUT2D eigenvalue weighted by Gasteiger charge is -2.10. The molecule has 0 aliphatic rings. The molecule has 5 nitrogen and oxygen atoms in total. The average molecular weight is 292 g/mol. The predicted molar refractivity (Wildman–Crippen MR) is 77.5 cm³/mol. The Bertz CT molecular complexity index is 587. The van der Waals surface area contributed by atoms with Gasteiger partial charge in [0.2, 0.25) is 0 Å². The molecule has 0 saturated carbocycles. The van der Waals surface area contributed by atoms with E-state index in [1.54, 1.807) is 12.1 Å². The number of amides is 2. The number of carbonyl (C=O) groups excluding carboxylic acids is 1. The van der Waals surface area contributed by atoms with Crippen molar-refractivity contribution in [1.29, 1.82) is 0 Å². The molecule has 104 valence electrons. The second kappa shape index (κ2) is 6.88. The van der Waals surface area contributed by atoms with Gasteiger partial charge in [0, 0.05) is 6.54 Å². The van der Waals surface area contributed by atoms with Gasteiger partial charge in [-0.1, -0.05) is 35.9 Å². The molecule has 0 radical (unpaired) electrons. The summed E-state index contributed by atoms with van der Waals surface area (Å²) in [6.45, 7) is 0.282. The third kappa shape index (κ3) is 3.94. The number of nitrogens with zero attached hydrogens (tertiary/aromatic N) is 1. The van der Waals surface area contributed by atoms with Gasteiger partial charge >= 0.3 is 6.03 Å². The number of halogens is 1. The van der Waals surface area contributed by atoms with E-state index in [1.165, 1.54) is 6.20 Å². The van der Waals surface area contributed by atoms with Crippen LogP contribution in [0.15, 0.2) is 42.6 Å². The van der Waals surface area contributed by atoms with Crippen LogP contribution >= 0.6 is 11.6 Å². The van der Waals surface area contributed by atoms with Crippen LogP contribution in [0.2, 0.25) is 5.15 Å². The summed E-state index contributed by atoms with van der Waals surface area (Å²) in [6.07, 6.45) is 1.48. The number of hydrogen-bond acceptors (Lipinski definition) is 3. The quantitative estimate of drug-likeness (QED) is 0.758. The van der Waals surface area contributed by atoms with E-state index in [9.17, 15) is 9.90 Å². The zero-order valence-electron chi connectivity index (χ0n) is 10.6. The molecular formula is C14H14ClN3O2. The molecule has 1 heterocycles. The predicted octanol–water partition coefficient (Wildman–Crippen LogP) is 2.55. The smallest absolute Gasteiger partial charge is 0.319 e. The number of aliphatic hydroxyl groups excluding tert-OH is 1. The highest BCUT2D eigenvalue weighted by atomic mass is 35.5. The summed E-state index contributed by atoms with van der Waals surface area (Å²) in [5, 5.41) is 14.9. The Labute approximate surface area is 121 Å². The maximum absolute atomic E-state index is 11.7. The molecule has 0 atom stereocenters. The fourth-order valence-corrected chi connectivity index (χ4v) is 1.80. The minimum atomic E-state index is -0.345. The Morgan fingerprint density at radius 3 is 2.60 bits per heavy atom. The van der Waals surface area contributed by atoms with E-state index in [-0.39, 0.29) is 12.6 Å². The number of nitrogens with one attached hydrogen (secondary N) is 2. The molecule has 0 unspecified atom stereocenters. The van der Waals surface area contributed by atoms with Crippen LogP contribution in [0.1, 0.15) is 11.1 Å². The highest BCUT2D eigenvalue weighted by Gasteiger charge is 2.04. The Hall–Kier alpha value is -2.11. The molecule has 0 aliphatic heterocycles. The lowest BCUT2D eigenvalue weighted by atomic mass is 10.1. The van der Waals surface area contributed by atoms with Crippen LogP contribution in [0.25, 0.3) is 0 Å². The van der Waals surface area contributed by atoms with Crippen LogP contribution in [-0.2, 0) is 13.2 Å². The van der Waals surface area contributed by atoms with Crippen molar-refractivity contribution in [3.05, 3.63) is 58.9 Å². The number of carbonyl (C=O) groups is 1. The zero-order chi connectivity index (χ0) is 14.4. The molecule has 0 spiro atoms. The van der Waals surface area contributed by atoms with Gasteiger partial charge in [-0.2, -0.15) is 0 Å². The maximum Gasteiger partial charge on any atom is 0.319 e. The number of rotatable bonds is 4. The van der Waals surface area contributed by atoms with Crippen molar-refractivity contribution >= 4 is 23.3 Å². The molecule has 0 fully saturated rings. The fourth-order valence-electron chi connectivity index (χ4n) is 1.68. The number of aromatic nitrogens is 1. The third-order valence-corrected chi connectivity index (χ3v) is 2.94. The molecule has 2 aromatic rings. The van der Waals surface area contributed by atoms with E-state index in [0.717, 1.165) is 11.1 Å². The zero-order valence-corrected chi connectivity index (χ0v) is 11.4. The van der Waals surface area contributed by atoms with E-state index < -0.39 is 0 Å². The summed E-state index contributed by atoms with van der Waals surface area (Å²) in [4.78, 5) is 15.6. The summed E-state index contributed by atoms with van der Waals surface area (Å²) >= 11 is 5.66. The van der Waals surface area contributed by atoms with Crippen molar-refractivity contribution in [2.45, 2.75) is 13.2 Å². The summed E-state index contributed by atoms with van der Waals surface area (Å²) in [5.41, 5.74) is 2.22. The lowest BCUT2D eigenvalue weighted by Crippen LogP contribution is -2.28. The van der Waals surface area contributed by atoms with E-state index >= 15 is 0 Å². The van der Waals surface area contributed by atoms with Gasteiger partial charge in [0.25, 0.3) is 0 Å². The Balaban J connectivity index is 1.90. The number of benzene rings is 1. The molecule has 3 N–H and O–H groups in total. The van der Waals surface area contributed by atoms with Gasteiger partial charge in [-0.15, -0.1) is 0 Å². The van der Waals surface area contributed by atoms with Crippen molar-refractivity contribution < 1.29 is 9.90 Å². The summed E-state index contributed by atoms with van der Waals surface area (Å²) in [6, 6.07) is 10.3. The van der Waals surface area contributed by atoms with E-state index in [1.807, 2.05) is 24.3 Å². The van der Waals surface area contributed by atoms with Crippen LogP contribution in [0, 0.1) is 0 Å². The van der Waals surface area contributed by atoms with Crippen molar-refractivity contribution in [2.24, 2.45) is 0 Å². The molecule has 0 bridgehead atoms. The van der Waals surface area contributed by atoms with Gasteiger partial charge in [0.1, 0.15) is 5.15 Å². The second-order valence-corrected chi connectivity index (χ2v) is 4.49. The van der Waals surface area contributed by atoms with Crippen LogP contribution in [0.3, 0.4) is 0 Å². The third-order valence-electron chi connectivity index (χ3n) is 2.71. The van der Waals surface area contributed by atoms with Gasteiger partial charge < -0.3 is 15.7 Å². The lowest BCUT2D eigenvalue weighted by molar-refractivity contribution is 0.251. The first kappa shape index (κ1) is 14.3. The minimum absolute atomic E-state index is 0.0550. The topological polar surface area (TPSA) is 74.2 Å². The molecular weight excluding hydrogens is 278 g/mol. The van der Waals surface area contributed by atoms with Gasteiger partial charge in [-0.05, 0) is 23.3 Å². The Kier molecular flexibility index (Phi) is 4.92. The van der Waals surface area contributed by atoms with Crippen molar-refractivity contribution in [1.82, 2.24) is 10.3 Å². The standard InChI is InChI=1S/C14H14ClN3O2/c15-13-6-5-12(8-16-13)18-14(20)17-7-10-3-1-2-4-11(10)9-19/h1-6,8,19H,7,9H2,(H2,17,18,20). The molecule has 2 amide bonds. The number of hydrogen-bond donors (Lipinski definition) is 3. The van der Waals surface area contributed by atoms with Crippen LogP contribution < -0.4 is 10.6 Å². The fraction of sp³-hybridized carbons (Fsp3) is 0.143. The molecule has 0 aliphatic carbocycles. The minimum Gasteiger partial charge on any atom is -0.392 e. The Morgan fingerprint density at radius 1 is 1.20 bits per heavy atom. The van der Waals surface area contributed by atoms with Crippen LogP contribution in [0.5, 0.6) is 0 Å². The van der Waals surface area contributed by atoms with E-state index in [2.05, 4.69) is 15.6 Å². The normalized spacial score (nSPS) is 10.1. The molecule has 1 aromatic heterocycles. The van der Waals surface area contributed by atoms with Crippen LogP contribution in [0.4, 0.5) is 10.5 Å². The average Bonchev–Trinajstić information content (AvgIpc) is 2.48. The molecule has 1 aromatic carbocycles. The van der Waals surface area contributed by atoms with Crippen LogP contribution in [-0.4, -0.2) is 16.1 Å². The summed E-state index contributed by atoms with van der Waals surface area (Å²) in [7, 11) is 0. The van der Waals surface area contributed by atoms with E-state index in [4.69, 9.17) is 11.6 Å². The largest absolute Gasteiger partial charge is 0.392 e. The highest BCUT2D eigenvalue weighted by Crippen LogP contribution is 2.10. The van der Waals surface area contributed by atoms with Gasteiger partial charge in [-0.3, -0.25) is 0 Å². The monoisotopic (exact) mass is 291 g/mol. The molecule has 2 rings (SSSR count). The first-order valence-electron chi connectivity index (χ1n) is 6.03. The highest BCUT2D eigenvalue weighted by molar-refractivity contribution is 6.29. The van der Waals surface area contributed by atoms with Crippen molar-refractivity contribution in [3.8, 4) is 0 Å². The first-order chi connectivity index (χ1) is 9.69. The van der Waals surface area contributed by atoms with Gasteiger partial charge in [-0.25, -0.2) is 9.78 Å². The summed E-state index contributed by atoms with van der Waals surface area (Å²) in [5.74, 6) is 0. The Morgan fingerprint density at radius 2 is 1.95 bits per heavy atom. The second-order valence-electron chi connectivity index (χ2n) is 4.10. The molecule has 6 heteroatoms. The van der Waals surface area contributed by atoms with Crippen molar-refractivity contribution in [3.63, 3.8) is 0 Å². The van der Waals surface area contributed by atoms with Crippen molar-refractivity contribution in [2.75, 3.05) is 5.32 Å². The van der Waals surface area contributed by atoms with Gasteiger partial charge in [0.15, 0.2) is 0 Å². The number of aliphatic hydroxyl groups is 1. The number of anilines is 1.